The first-order valence-corrected chi connectivity index (χ1v) is 9.78. The van der Waals surface area contributed by atoms with E-state index in [1.54, 1.807) is 24.5 Å². The molecular weight excluding hydrogens is 364 g/mol. The highest BCUT2D eigenvalue weighted by atomic mass is 32.1. The Morgan fingerprint density at radius 3 is 2.93 bits per heavy atom. The molecule has 1 aliphatic rings. The van der Waals surface area contributed by atoms with E-state index in [1.807, 2.05) is 18.2 Å². The van der Waals surface area contributed by atoms with E-state index < -0.39 is 5.97 Å². The number of aromatic amines is 1. The average Bonchev–Trinajstić information content (AvgIpc) is 3.05. The Kier molecular flexibility index (Phi) is 4.94. The molecule has 1 aliphatic carbocycles. The number of carbonyl (C=O) groups is 1. The molecule has 2 heterocycles. The van der Waals surface area contributed by atoms with Gasteiger partial charge in [0.15, 0.2) is 0 Å². The maximum Gasteiger partial charge on any atom is 0.310 e. The van der Waals surface area contributed by atoms with Crippen molar-refractivity contribution in [1.29, 1.82) is 0 Å². The number of para-hydroxylation sites is 1. The number of aromatic nitrogens is 2. The van der Waals surface area contributed by atoms with Gasteiger partial charge in [-0.1, -0.05) is 18.2 Å². The molecule has 7 heteroatoms. The minimum atomic E-state index is -0.396. The van der Waals surface area contributed by atoms with Crippen molar-refractivity contribution in [3.05, 3.63) is 56.4 Å². The van der Waals surface area contributed by atoms with E-state index >= 15 is 0 Å². The number of thiophene rings is 1. The van der Waals surface area contributed by atoms with Gasteiger partial charge >= 0.3 is 5.97 Å². The molecule has 0 aliphatic heterocycles. The highest BCUT2D eigenvalue weighted by molar-refractivity contribution is 7.18. The van der Waals surface area contributed by atoms with Crippen LogP contribution in [0.5, 0.6) is 5.75 Å². The molecule has 0 bridgehead atoms. The van der Waals surface area contributed by atoms with Gasteiger partial charge in [0.25, 0.3) is 5.56 Å². The van der Waals surface area contributed by atoms with E-state index in [-0.39, 0.29) is 18.6 Å². The topological polar surface area (TPSA) is 81.3 Å². The largest absolute Gasteiger partial charge is 0.496 e. The van der Waals surface area contributed by atoms with Crippen molar-refractivity contribution in [1.82, 2.24) is 9.97 Å². The second-order valence-electron chi connectivity index (χ2n) is 6.55. The van der Waals surface area contributed by atoms with Gasteiger partial charge < -0.3 is 14.5 Å². The molecule has 2 aromatic heterocycles. The third-order valence-corrected chi connectivity index (χ3v) is 5.96. The number of carbonyl (C=O) groups excluding carboxylic acids is 1. The molecule has 27 heavy (non-hydrogen) atoms. The number of esters is 1. The molecular formula is C20H20N2O4S. The lowest BCUT2D eigenvalue weighted by Gasteiger charge is -2.09. The van der Waals surface area contributed by atoms with E-state index in [9.17, 15) is 9.59 Å². The van der Waals surface area contributed by atoms with Crippen molar-refractivity contribution in [2.75, 3.05) is 7.11 Å². The standard InChI is InChI=1S/C20H20N2O4S/c1-25-14-8-4-2-6-12(14)10-17(23)26-11-16-21-19(24)18-13-7-3-5-9-15(13)27-20(18)22-16/h2,4,6,8H,3,5,7,9-11H2,1H3,(H,21,22,24). The van der Waals surface area contributed by atoms with Gasteiger partial charge in [0, 0.05) is 10.4 Å². The van der Waals surface area contributed by atoms with E-state index in [4.69, 9.17) is 9.47 Å². The number of H-pyrrole nitrogens is 1. The third kappa shape index (κ3) is 3.60. The van der Waals surface area contributed by atoms with Crippen molar-refractivity contribution in [2.45, 2.75) is 38.7 Å². The predicted molar refractivity (Wildman–Crippen MR) is 103 cm³/mol. The van der Waals surface area contributed by atoms with Gasteiger partial charge in [-0.15, -0.1) is 11.3 Å². The molecule has 0 unspecified atom stereocenters. The first-order chi connectivity index (χ1) is 13.2. The predicted octanol–water partition coefficient (Wildman–Crippen LogP) is 3.16. The Hall–Kier alpha value is -2.67. The first-order valence-electron chi connectivity index (χ1n) is 8.96. The number of hydrogen-bond donors (Lipinski definition) is 1. The Bertz CT molecular complexity index is 1050. The van der Waals surface area contributed by atoms with Crippen LogP contribution in [0.3, 0.4) is 0 Å². The van der Waals surface area contributed by atoms with Crippen LogP contribution in [0.2, 0.25) is 0 Å². The highest BCUT2D eigenvalue weighted by Crippen LogP contribution is 2.33. The summed E-state index contributed by atoms with van der Waals surface area (Å²) < 4.78 is 10.6. The Morgan fingerprint density at radius 1 is 1.26 bits per heavy atom. The number of ether oxygens (including phenoxy) is 2. The second-order valence-corrected chi connectivity index (χ2v) is 7.64. The number of nitrogens with one attached hydrogen (secondary N) is 1. The summed E-state index contributed by atoms with van der Waals surface area (Å²) in [6.45, 7) is -0.0538. The number of benzene rings is 1. The molecule has 0 saturated heterocycles. The normalized spacial score (nSPS) is 13.4. The molecule has 0 amide bonds. The molecule has 0 fully saturated rings. The fourth-order valence-electron chi connectivity index (χ4n) is 3.48. The summed E-state index contributed by atoms with van der Waals surface area (Å²) in [7, 11) is 1.56. The van der Waals surface area contributed by atoms with Gasteiger partial charge in [0.05, 0.1) is 18.9 Å². The van der Waals surface area contributed by atoms with Crippen molar-refractivity contribution >= 4 is 27.5 Å². The summed E-state index contributed by atoms with van der Waals surface area (Å²) in [4.78, 5) is 34.0. The lowest BCUT2D eigenvalue weighted by Crippen LogP contribution is -2.16. The molecule has 140 valence electrons. The van der Waals surface area contributed by atoms with Crippen LogP contribution in [-0.2, 0) is 35.4 Å². The quantitative estimate of drug-likeness (QED) is 0.684. The zero-order valence-corrected chi connectivity index (χ0v) is 15.9. The number of methoxy groups -OCH3 is 1. The van der Waals surface area contributed by atoms with Crippen LogP contribution < -0.4 is 10.3 Å². The summed E-state index contributed by atoms with van der Waals surface area (Å²) >= 11 is 1.58. The number of fused-ring (bicyclic) bond motifs is 3. The van der Waals surface area contributed by atoms with E-state index in [2.05, 4.69) is 9.97 Å². The van der Waals surface area contributed by atoms with Gasteiger partial charge in [-0.2, -0.15) is 0 Å². The molecule has 6 nitrogen and oxygen atoms in total. The van der Waals surface area contributed by atoms with Crippen LogP contribution in [0, 0.1) is 0 Å². The van der Waals surface area contributed by atoms with Crippen LogP contribution in [0.4, 0.5) is 0 Å². The van der Waals surface area contributed by atoms with Crippen LogP contribution in [0.1, 0.15) is 34.7 Å². The van der Waals surface area contributed by atoms with Crippen LogP contribution in [0.15, 0.2) is 29.1 Å². The van der Waals surface area contributed by atoms with Crippen molar-refractivity contribution in [2.24, 2.45) is 0 Å². The summed E-state index contributed by atoms with van der Waals surface area (Å²) in [6, 6.07) is 7.31. The molecule has 0 spiro atoms. The minimum absolute atomic E-state index is 0.0538. The maximum absolute atomic E-state index is 12.5. The third-order valence-electron chi connectivity index (χ3n) is 4.77. The number of hydrogen-bond acceptors (Lipinski definition) is 6. The summed E-state index contributed by atoms with van der Waals surface area (Å²) in [5.74, 6) is 0.624. The Balaban J connectivity index is 1.49. The van der Waals surface area contributed by atoms with E-state index in [0.29, 0.717) is 17.0 Å². The summed E-state index contributed by atoms with van der Waals surface area (Å²) in [5.41, 5.74) is 1.76. The molecule has 1 aromatic carbocycles. The molecule has 4 rings (SSSR count). The molecule has 0 saturated carbocycles. The smallest absolute Gasteiger partial charge is 0.310 e. The van der Waals surface area contributed by atoms with Crippen LogP contribution in [0.25, 0.3) is 10.2 Å². The lowest BCUT2D eigenvalue weighted by atomic mass is 9.97. The number of rotatable bonds is 5. The average molecular weight is 384 g/mol. The summed E-state index contributed by atoms with van der Waals surface area (Å²) in [6.07, 6.45) is 4.32. The Labute approximate surface area is 160 Å². The SMILES string of the molecule is COc1ccccc1CC(=O)OCc1nc2sc3c(c2c(=O)[nH]1)CCCC3. The molecule has 0 atom stereocenters. The fourth-order valence-corrected chi connectivity index (χ4v) is 4.76. The van der Waals surface area contributed by atoms with Crippen molar-refractivity contribution < 1.29 is 14.3 Å². The molecule has 0 radical (unpaired) electrons. The summed E-state index contributed by atoms with van der Waals surface area (Å²) in [5, 5.41) is 0.707. The fraction of sp³-hybridized carbons (Fsp3) is 0.350. The van der Waals surface area contributed by atoms with Gasteiger partial charge in [-0.25, -0.2) is 4.98 Å². The van der Waals surface area contributed by atoms with E-state index in [0.717, 1.165) is 41.6 Å². The van der Waals surface area contributed by atoms with Gasteiger partial charge in [0.2, 0.25) is 0 Å². The zero-order valence-electron chi connectivity index (χ0n) is 15.0. The second kappa shape index (κ2) is 7.52. The highest BCUT2D eigenvalue weighted by Gasteiger charge is 2.20. The van der Waals surface area contributed by atoms with Crippen LogP contribution >= 0.6 is 11.3 Å². The lowest BCUT2D eigenvalue weighted by molar-refractivity contribution is -0.144. The maximum atomic E-state index is 12.5. The first kappa shape index (κ1) is 17.7. The molecule has 1 N–H and O–H groups in total. The van der Waals surface area contributed by atoms with Crippen molar-refractivity contribution in [3.63, 3.8) is 0 Å². The van der Waals surface area contributed by atoms with Gasteiger partial charge in [-0.3, -0.25) is 9.59 Å². The van der Waals surface area contributed by atoms with Gasteiger partial charge in [-0.05, 0) is 37.3 Å². The number of aryl methyl sites for hydroxylation is 2. The van der Waals surface area contributed by atoms with Crippen LogP contribution in [-0.4, -0.2) is 23.0 Å². The number of nitrogens with zero attached hydrogens (tertiary/aromatic N) is 1. The minimum Gasteiger partial charge on any atom is -0.496 e. The molecule has 3 aromatic rings. The van der Waals surface area contributed by atoms with Gasteiger partial charge in [0.1, 0.15) is 23.0 Å². The zero-order chi connectivity index (χ0) is 18.8. The van der Waals surface area contributed by atoms with Crippen molar-refractivity contribution in [3.8, 4) is 5.75 Å². The Morgan fingerprint density at radius 2 is 2.07 bits per heavy atom. The monoisotopic (exact) mass is 384 g/mol. The van der Waals surface area contributed by atoms with E-state index in [1.165, 1.54) is 4.88 Å².